The largest absolute Gasteiger partial charge is 0.399 e. The Kier molecular flexibility index (Phi) is 4.84. The van der Waals surface area contributed by atoms with Crippen LogP contribution in [0.15, 0.2) is 23.1 Å². The van der Waals surface area contributed by atoms with Crippen molar-refractivity contribution < 1.29 is 13.2 Å². The van der Waals surface area contributed by atoms with E-state index in [1.54, 1.807) is 24.0 Å². The predicted molar refractivity (Wildman–Crippen MR) is 81.2 cm³/mol. The molecule has 0 radical (unpaired) electrons. The average Bonchev–Trinajstić information content (AvgIpc) is 2.91. The summed E-state index contributed by atoms with van der Waals surface area (Å²) in [5.74, 6) is 0.00391. The van der Waals surface area contributed by atoms with Gasteiger partial charge in [0.15, 0.2) is 0 Å². The smallest absolute Gasteiger partial charge is 0.240 e. The van der Waals surface area contributed by atoms with Crippen LogP contribution in [0.5, 0.6) is 0 Å². The van der Waals surface area contributed by atoms with Crippen LogP contribution in [0.25, 0.3) is 0 Å². The molecule has 0 bridgehead atoms. The van der Waals surface area contributed by atoms with E-state index >= 15 is 0 Å². The van der Waals surface area contributed by atoms with E-state index in [0.717, 1.165) is 25.9 Å². The molecular weight excluding hydrogens is 290 g/mol. The minimum Gasteiger partial charge on any atom is -0.399 e. The van der Waals surface area contributed by atoms with Crippen molar-refractivity contribution in [3.63, 3.8) is 0 Å². The van der Waals surface area contributed by atoms with E-state index in [9.17, 15) is 13.2 Å². The number of amides is 1. The highest BCUT2D eigenvalue weighted by atomic mass is 32.2. The first-order chi connectivity index (χ1) is 9.90. The van der Waals surface area contributed by atoms with Crippen LogP contribution in [0.1, 0.15) is 24.8 Å². The number of sulfonamides is 1. The number of benzene rings is 1. The van der Waals surface area contributed by atoms with Crippen molar-refractivity contribution in [2.24, 2.45) is 0 Å². The molecule has 0 unspecified atom stereocenters. The standard InChI is InChI=1S/C14H21N3O3S/c1-11-10-12(15)4-5-13(11)21(19,20)16-7-6-14(18)17-8-2-3-9-17/h4-5,10,16H,2-3,6-9,15H2,1H3. The topological polar surface area (TPSA) is 92.5 Å². The summed E-state index contributed by atoms with van der Waals surface area (Å²) in [5, 5.41) is 0. The number of rotatable bonds is 5. The summed E-state index contributed by atoms with van der Waals surface area (Å²) >= 11 is 0. The summed E-state index contributed by atoms with van der Waals surface area (Å²) in [6, 6.07) is 4.65. The lowest BCUT2D eigenvalue weighted by Gasteiger charge is -2.15. The van der Waals surface area contributed by atoms with Crippen molar-refractivity contribution in [2.75, 3.05) is 25.4 Å². The lowest BCUT2D eigenvalue weighted by molar-refractivity contribution is -0.129. The first kappa shape index (κ1) is 15.8. The van der Waals surface area contributed by atoms with Crippen LogP contribution in [-0.4, -0.2) is 38.9 Å². The van der Waals surface area contributed by atoms with Crippen molar-refractivity contribution >= 4 is 21.6 Å². The van der Waals surface area contributed by atoms with Crippen LogP contribution in [0, 0.1) is 6.92 Å². The number of nitrogens with two attached hydrogens (primary N) is 1. The second kappa shape index (κ2) is 6.44. The number of anilines is 1. The highest BCUT2D eigenvalue weighted by molar-refractivity contribution is 7.89. The van der Waals surface area contributed by atoms with Gasteiger partial charge in [-0.25, -0.2) is 13.1 Å². The van der Waals surface area contributed by atoms with E-state index in [0.29, 0.717) is 11.3 Å². The van der Waals surface area contributed by atoms with Gasteiger partial charge in [0.05, 0.1) is 4.90 Å². The molecule has 0 saturated carbocycles. The molecule has 6 nitrogen and oxygen atoms in total. The molecule has 1 heterocycles. The summed E-state index contributed by atoms with van der Waals surface area (Å²) in [6.45, 7) is 3.37. The minimum absolute atomic E-state index is 0.00391. The van der Waals surface area contributed by atoms with Gasteiger partial charge in [0.25, 0.3) is 0 Å². The summed E-state index contributed by atoms with van der Waals surface area (Å²) in [4.78, 5) is 13.8. The SMILES string of the molecule is Cc1cc(N)ccc1S(=O)(=O)NCCC(=O)N1CCCC1. The van der Waals surface area contributed by atoms with Crippen LogP contribution in [-0.2, 0) is 14.8 Å². The average molecular weight is 311 g/mol. The van der Waals surface area contributed by atoms with Crippen molar-refractivity contribution in [2.45, 2.75) is 31.1 Å². The van der Waals surface area contributed by atoms with E-state index in [1.807, 2.05) is 0 Å². The van der Waals surface area contributed by atoms with Gasteiger partial charge in [-0.1, -0.05) is 0 Å². The fraction of sp³-hybridized carbons (Fsp3) is 0.500. The number of carbonyl (C=O) groups excluding carboxylic acids is 1. The maximum atomic E-state index is 12.2. The molecule has 1 aliphatic heterocycles. The third kappa shape index (κ3) is 3.95. The number of hydrogen-bond acceptors (Lipinski definition) is 4. The number of nitrogens with zero attached hydrogens (tertiary/aromatic N) is 1. The molecule has 1 saturated heterocycles. The van der Waals surface area contributed by atoms with Gasteiger partial charge in [0.2, 0.25) is 15.9 Å². The maximum absolute atomic E-state index is 12.2. The molecule has 1 fully saturated rings. The third-order valence-corrected chi connectivity index (χ3v) is 5.20. The Hall–Kier alpha value is -1.60. The molecule has 1 amide bonds. The first-order valence-corrected chi connectivity index (χ1v) is 8.52. The molecule has 116 valence electrons. The van der Waals surface area contributed by atoms with Gasteiger partial charge < -0.3 is 10.6 Å². The number of aryl methyl sites for hydroxylation is 1. The predicted octanol–water partition coefficient (Wildman–Crippen LogP) is 0.868. The van der Waals surface area contributed by atoms with Gasteiger partial charge in [0, 0.05) is 31.7 Å². The Morgan fingerprint density at radius 1 is 1.33 bits per heavy atom. The fourth-order valence-electron chi connectivity index (χ4n) is 2.47. The summed E-state index contributed by atoms with van der Waals surface area (Å²) in [7, 11) is -3.60. The number of hydrogen-bond donors (Lipinski definition) is 2. The number of nitrogens with one attached hydrogen (secondary N) is 1. The van der Waals surface area contributed by atoms with Crippen LogP contribution < -0.4 is 10.5 Å². The van der Waals surface area contributed by atoms with E-state index in [-0.39, 0.29) is 23.8 Å². The first-order valence-electron chi connectivity index (χ1n) is 7.04. The zero-order valence-electron chi connectivity index (χ0n) is 12.1. The van der Waals surface area contributed by atoms with Crippen LogP contribution in [0.3, 0.4) is 0 Å². The van der Waals surface area contributed by atoms with E-state index in [1.165, 1.54) is 6.07 Å². The van der Waals surface area contributed by atoms with Crippen LogP contribution >= 0.6 is 0 Å². The molecule has 3 N–H and O–H groups in total. The molecular formula is C14H21N3O3S. The quantitative estimate of drug-likeness (QED) is 0.789. The van der Waals surface area contributed by atoms with Crippen molar-refractivity contribution in [1.29, 1.82) is 0 Å². The second-order valence-electron chi connectivity index (χ2n) is 5.26. The van der Waals surface area contributed by atoms with Gasteiger partial charge in [-0.3, -0.25) is 4.79 Å². The van der Waals surface area contributed by atoms with Crippen molar-refractivity contribution in [3.8, 4) is 0 Å². The molecule has 21 heavy (non-hydrogen) atoms. The fourth-order valence-corrected chi connectivity index (χ4v) is 3.73. The minimum atomic E-state index is -3.60. The zero-order chi connectivity index (χ0) is 15.5. The molecule has 0 spiro atoms. The Bertz CT molecular complexity index is 622. The van der Waals surface area contributed by atoms with Crippen LogP contribution in [0.4, 0.5) is 5.69 Å². The highest BCUT2D eigenvalue weighted by Gasteiger charge is 2.20. The molecule has 1 aromatic rings. The second-order valence-corrected chi connectivity index (χ2v) is 7.00. The maximum Gasteiger partial charge on any atom is 0.240 e. The summed E-state index contributed by atoms with van der Waals surface area (Å²) in [6.07, 6.45) is 2.25. The molecule has 1 aromatic carbocycles. The lowest BCUT2D eigenvalue weighted by Crippen LogP contribution is -2.32. The Labute approximate surface area is 125 Å². The molecule has 0 aliphatic carbocycles. The number of likely N-dealkylation sites (tertiary alicyclic amines) is 1. The molecule has 0 atom stereocenters. The highest BCUT2D eigenvalue weighted by Crippen LogP contribution is 2.17. The van der Waals surface area contributed by atoms with Gasteiger partial charge in [0.1, 0.15) is 0 Å². The van der Waals surface area contributed by atoms with E-state index in [2.05, 4.69) is 4.72 Å². The van der Waals surface area contributed by atoms with E-state index in [4.69, 9.17) is 5.73 Å². The Morgan fingerprint density at radius 3 is 2.62 bits per heavy atom. The van der Waals surface area contributed by atoms with Crippen molar-refractivity contribution in [1.82, 2.24) is 9.62 Å². The Morgan fingerprint density at radius 2 is 2.00 bits per heavy atom. The molecule has 7 heteroatoms. The number of nitrogen functional groups attached to an aromatic ring is 1. The zero-order valence-corrected chi connectivity index (χ0v) is 12.9. The van der Waals surface area contributed by atoms with E-state index < -0.39 is 10.0 Å². The summed E-state index contributed by atoms with van der Waals surface area (Å²) < 4.78 is 26.9. The molecule has 2 rings (SSSR count). The van der Waals surface area contributed by atoms with Gasteiger partial charge >= 0.3 is 0 Å². The monoisotopic (exact) mass is 311 g/mol. The molecule has 1 aliphatic rings. The van der Waals surface area contributed by atoms with Gasteiger partial charge in [-0.05, 0) is 43.5 Å². The van der Waals surface area contributed by atoms with Crippen LogP contribution in [0.2, 0.25) is 0 Å². The summed E-state index contributed by atoms with van der Waals surface area (Å²) in [5.41, 5.74) is 6.73. The van der Waals surface area contributed by atoms with Gasteiger partial charge in [-0.2, -0.15) is 0 Å². The lowest BCUT2D eigenvalue weighted by atomic mass is 10.2. The third-order valence-electron chi connectivity index (χ3n) is 3.58. The van der Waals surface area contributed by atoms with Crippen molar-refractivity contribution in [3.05, 3.63) is 23.8 Å². The Balaban J connectivity index is 1.93. The normalized spacial score (nSPS) is 15.4. The molecule has 0 aromatic heterocycles. The number of carbonyl (C=O) groups is 1. The van der Waals surface area contributed by atoms with Gasteiger partial charge in [-0.15, -0.1) is 0 Å².